The second-order valence-electron chi connectivity index (χ2n) is 10.3. The molecule has 3 aliphatic rings. The summed E-state index contributed by atoms with van der Waals surface area (Å²) in [5, 5.41) is 0. The quantitative estimate of drug-likeness (QED) is 0.587. The van der Waals surface area contributed by atoms with Crippen molar-refractivity contribution in [2.45, 2.75) is 37.2 Å². The van der Waals surface area contributed by atoms with Gasteiger partial charge < -0.3 is 14.4 Å². The number of amides is 1. The van der Waals surface area contributed by atoms with Gasteiger partial charge in [0.05, 0.1) is 11.5 Å². The lowest BCUT2D eigenvalue weighted by atomic mass is 10.1. The molecule has 1 saturated heterocycles. The minimum absolute atomic E-state index is 0.107. The Labute approximate surface area is 197 Å². The van der Waals surface area contributed by atoms with Crippen LogP contribution in [0.2, 0.25) is 0 Å². The van der Waals surface area contributed by atoms with Crippen molar-refractivity contribution < 1.29 is 31.5 Å². The van der Waals surface area contributed by atoms with E-state index in [2.05, 4.69) is 6.92 Å². The molecular weight excluding hydrogens is 464 g/mol. The number of benzene rings is 2. The summed E-state index contributed by atoms with van der Waals surface area (Å²) in [6.45, 7) is 5.27. The number of ether oxygens (including phenoxy) is 2. The third-order valence-corrected chi connectivity index (χ3v) is 8.72. The molecule has 1 unspecified atom stereocenters. The Balaban J connectivity index is 1.21. The summed E-state index contributed by atoms with van der Waals surface area (Å²) < 4.78 is 63.8. The molecule has 182 valence electrons. The second kappa shape index (κ2) is 7.66. The highest BCUT2D eigenvalue weighted by atomic mass is 32.2. The maximum Gasteiger partial charge on any atom is 0.410 e. The summed E-state index contributed by atoms with van der Waals surface area (Å²) in [6, 6.07) is 8.19. The lowest BCUT2D eigenvalue weighted by molar-refractivity contribution is 0.0575. The fraction of sp³-hybridized carbons (Fsp3) is 0.480. The molecule has 1 aliphatic heterocycles. The average Bonchev–Trinajstić information content (AvgIpc) is 3.57. The number of hydrogen-bond donors (Lipinski definition) is 0. The number of hydrogen-bond acceptors (Lipinski definition) is 5. The summed E-state index contributed by atoms with van der Waals surface area (Å²) in [6.07, 6.45) is 2.60. The van der Waals surface area contributed by atoms with Crippen LogP contribution in [0.25, 0.3) is 11.1 Å². The topological polar surface area (TPSA) is 72.9 Å². The van der Waals surface area contributed by atoms with Crippen molar-refractivity contribution in [1.82, 2.24) is 4.90 Å². The molecule has 3 fully saturated rings. The number of sulfone groups is 1. The number of nitrogens with zero attached hydrogens (tertiary/aromatic N) is 1. The van der Waals surface area contributed by atoms with Crippen molar-refractivity contribution in [3.8, 4) is 16.9 Å². The smallest absolute Gasteiger partial charge is 0.410 e. The Morgan fingerprint density at radius 1 is 1.09 bits per heavy atom. The third-order valence-electron chi connectivity index (χ3n) is 7.59. The predicted molar refractivity (Wildman–Crippen MR) is 121 cm³/mol. The lowest BCUT2D eigenvalue weighted by Crippen LogP contribution is -2.36. The van der Waals surface area contributed by atoms with Crippen molar-refractivity contribution in [3.05, 3.63) is 48.0 Å². The summed E-state index contributed by atoms with van der Waals surface area (Å²) in [5.41, 5.74) is 0.325. The van der Waals surface area contributed by atoms with Crippen molar-refractivity contribution in [1.29, 1.82) is 0 Å². The predicted octanol–water partition coefficient (Wildman–Crippen LogP) is 4.67. The third kappa shape index (κ3) is 4.15. The Kier molecular flexibility index (Phi) is 5.20. The van der Waals surface area contributed by atoms with Crippen LogP contribution in [0.3, 0.4) is 0 Å². The molecule has 0 bridgehead atoms. The van der Waals surface area contributed by atoms with E-state index in [0.29, 0.717) is 18.7 Å². The molecule has 2 aromatic carbocycles. The first-order chi connectivity index (χ1) is 15.9. The SMILES string of the molecule is CC1(OC(=O)N2CC3[C@H](COc4c(F)cc(-c5ccc(S(C)(=O)=O)cc5)cc4F)[C@@]3(C)C2)CC1. The number of carbonyl (C=O) groups excluding carboxylic acids is 1. The van der Waals surface area contributed by atoms with E-state index in [1.54, 1.807) is 4.90 Å². The molecule has 0 aromatic heterocycles. The fourth-order valence-corrected chi connectivity index (χ4v) is 5.61. The van der Waals surface area contributed by atoms with E-state index in [1.807, 2.05) is 6.92 Å². The van der Waals surface area contributed by atoms with Crippen molar-refractivity contribution in [3.63, 3.8) is 0 Å². The number of fused-ring (bicyclic) bond motifs is 1. The van der Waals surface area contributed by atoms with Gasteiger partial charge in [-0.15, -0.1) is 0 Å². The molecule has 0 spiro atoms. The summed E-state index contributed by atoms with van der Waals surface area (Å²) in [7, 11) is -3.36. The molecule has 0 radical (unpaired) electrons. The summed E-state index contributed by atoms with van der Waals surface area (Å²) in [4.78, 5) is 14.2. The normalized spacial score (nSPS) is 26.7. The molecule has 2 aliphatic carbocycles. The maximum atomic E-state index is 14.7. The zero-order valence-electron chi connectivity index (χ0n) is 19.3. The molecule has 0 N–H and O–H groups in total. The molecule has 2 saturated carbocycles. The molecular formula is C25H27F2NO5S. The van der Waals surface area contributed by atoms with Crippen molar-refractivity contribution >= 4 is 15.9 Å². The summed E-state index contributed by atoms with van der Waals surface area (Å²) >= 11 is 0. The minimum atomic E-state index is -3.36. The van der Waals surface area contributed by atoms with E-state index in [9.17, 15) is 22.0 Å². The van der Waals surface area contributed by atoms with Crippen LogP contribution in [0.1, 0.15) is 26.7 Å². The van der Waals surface area contributed by atoms with Gasteiger partial charge in [-0.1, -0.05) is 19.1 Å². The van der Waals surface area contributed by atoms with Gasteiger partial charge in [-0.25, -0.2) is 22.0 Å². The Morgan fingerprint density at radius 2 is 1.71 bits per heavy atom. The first-order valence-electron chi connectivity index (χ1n) is 11.3. The zero-order valence-corrected chi connectivity index (χ0v) is 20.1. The van der Waals surface area contributed by atoms with Gasteiger partial charge in [-0.3, -0.25) is 0 Å². The monoisotopic (exact) mass is 491 g/mol. The highest BCUT2D eigenvalue weighted by Crippen LogP contribution is 2.63. The Bertz CT molecular complexity index is 1240. The van der Waals surface area contributed by atoms with Gasteiger partial charge in [0.25, 0.3) is 0 Å². The van der Waals surface area contributed by atoms with Crippen LogP contribution in [0.15, 0.2) is 41.3 Å². The highest BCUT2D eigenvalue weighted by molar-refractivity contribution is 7.90. The molecule has 5 rings (SSSR count). The fourth-order valence-electron chi connectivity index (χ4n) is 4.98. The van der Waals surface area contributed by atoms with E-state index < -0.39 is 27.2 Å². The van der Waals surface area contributed by atoms with Crippen LogP contribution >= 0.6 is 0 Å². The van der Waals surface area contributed by atoms with Gasteiger partial charge in [0.15, 0.2) is 27.2 Å². The van der Waals surface area contributed by atoms with Gasteiger partial charge in [0, 0.05) is 25.3 Å². The molecule has 9 heteroatoms. The van der Waals surface area contributed by atoms with E-state index >= 15 is 0 Å². The van der Waals surface area contributed by atoms with Crippen LogP contribution < -0.4 is 4.74 Å². The maximum absolute atomic E-state index is 14.7. The van der Waals surface area contributed by atoms with Crippen molar-refractivity contribution in [2.75, 3.05) is 26.0 Å². The Hall–Kier alpha value is -2.68. The van der Waals surface area contributed by atoms with Crippen LogP contribution in [-0.4, -0.2) is 51.0 Å². The van der Waals surface area contributed by atoms with Gasteiger partial charge in [0.2, 0.25) is 0 Å². The second-order valence-corrected chi connectivity index (χ2v) is 12.3. The number of carbonyl (C=O) groups is 1. The number of likely N-dealkylation sites (tertiary alicyclic amines) is 1. The minimum Gasteiger partial charge on any atom is -0.487 e. The first kappa shape index (κ1) is 23.1. The molecule has 3 atom stereocenters. The van der Waals surface area contributed by atoms with E-state index in [1.165, 1.54) is 36.4 Å². The number of halogens is 2. The van der Waals surface area contributed by atoms with Gasteiger partial charge in [-0.2, -0.15) is 0 Å². The van der Waals surface area contributed by atoms with Gasteiger partial charge in [0.1, 0.15) is 5.60 Å². The van der Waals surface area contributed by atoms with Gasteiger partial charge >= 0.3 is 6.09 Å². The van der Waals surface area contributed by atoms with Gasteiger partial charge in [-0.05, 0) is 66.5 Å². The van der Waals surface area contributed by atoms with E-state index in [-0.39, 0.29) is 46.0 Å². The molecule has 2 aromatic rings. The molecule has 1 amide bonds. The lowest BCUT2D eigenvalue weighted by Gasteiger charge is -2.24. The average molecular weight is 492 g/mol. The largest absolute Gasteiger partial charge is 0.487 e. The molecule has 6 nitrogen and oxygen atoms in total. The molecule has 1 heterocycles. The van der Waals surface area contributed by atoms with E-state index in [0.717, 1.165) is 19.1 Å². The van der Waals surface area contributed by atoms with Crippen LogP contribution in [0.4, 0.5) is 13.6 Å². The van der Waals surface area contributed by atoms with Crippen LogP contribution in [0, 0.1) is 28.9 Å². The standard InChI is InChI=1S/C25H27F2NO5S/c1-24(8-9-24)33-23(29)28-12-18-19(25(18,2)14-28)13-32-22-20(26)10-16(11-21(22)27)15-4-6-17(7-5-15)34(3,30)31/h4-7,10-11,18-19H,8-9,12-14H2,1-3H3/t18?,19-,25-/m0/s1. The summed E-state index contributed by atoms with van der Waals surface area (Å²) in [5.74, 6) is -1.74. The number of piperidine rings is 1. The van der Waals surface area contributed by atoms with Crippen LogP contribution in [-0.2, 0) is 14.6 Å². The van der Waals surface area contributed by atoms with Crippen LogP contribution in [0.5, 0.6) is 5.75 Å². The first-order valence-corrected chi connectivity index (χ1v) is 13.2. The highest BCUT2D eigenvalue weighted by Gasteiger charge is 2.67. The van der Waals surface area contributed by atoms with Crippen molar-refractivity contribution in [2.24, 2.45) is 17.3 Å². The zero-order chi connectivity index (χ0) is 24.5. The number of rotatable bonds is 6. The molecule has 34 heavy (non-hydrogen) atoms. The Morgan fingerprint density at radius 3 is 2.21 bits per heavy atom. The van der Waals surface area contributed by atoms with E-state index in [4.69, 9.17) is 9.47 Å².